The van der Waals surface area contributed by atoms with Crippen LogP contribution in [0, 0.1) is 11.8 Å². The molecule has 4 rings (SSSR count). The number of imide groups is 1. The molecular formula is C21H21N3O3. The van der Waals surface area contributed by atoms with Crippen LogP contribution in [0.4, 0.5) is 4.79 Å². The number of benzene rings is 2. The van der Waals surface area contributed by atoms with Crippen LogP contribution in [0.5, 0.6) is 0 Å². The minimum atomic E-state index is -0.397. The maximum absolute atomic E-state index is 12.3. The van der Waals surface area contributed by atoms with Gasteiger partial charge in [0.2, 0.25) is 11.8 Å². The standard InChI is InChI=1S/C21H21N3O3/c25-19-17-12-24(13-18(17)20(26)23-19)21(27)22-10-9-14-5-4-8-16(11-14)15-6-2-1-3-7-15/h1-8,11,17-18H,9-10,12-13H2,(H,22,27)(H,23,25,26)/t17-,18+. The van der Waals surface area contributed by atoms with Crippen LogP contribution in [0.2, 0.25) is 0 Å². The summed E-state index contributed by atoms with van der Waals surface area (Å²) in [6.45, 7) is 1.11. The highest BCUT2D eigenvalue weighted by Crippen LogP contribution is 2.28. The van der Waals surface area contributed by atoms with Crippen LogP contribution in [0.25, 0.3) is 11.1 Å². The Kier molecular flexibility index (Phi) is 4.62. The van der Waals surface area contributed by atoms with Gasteiger partial charge in [-0.25, -0.2) is 4.79 Å². The topological polar surface area (TPSA) is 78.5 Å². The number of amides is 4. The Morgan fingerprint density at radius 1 is 0.963 bits per heavy atom. The number of rotatable bonds is 4. The third kappa shape index (κ3) is 3.56. The van der Waals surface area contributed by atoms with Gasteiger partial charge in [0, 0.05) is 19.6 Å². The third-order valence-corrected chi connectivity index (χ3v) is 5.25. The predicted octanol–water partition coefficient (Wildman–Crippen LogP) is 1.81. The largest absolute Gasteiger partial charge is 0.338 e. The Labute approximate surface area is 157 Å². The summed E-state index contributed by atoms with van der Waals surface area (Å²) >= 11 is 0. The summed E-state index contributed by atoms with van der Waals surface area (Å²) in [7, 11) is 0. The van der Waals surface area contributed by atoms with Crippen LogP contribution < -0.4 is 10.6 Å². The molecule has 0 aliphatic carbocycles. The molecule has 2 aliphatic heterocycles. The molecule has 0 unspecified atom stereocenters. The summed E-state index contributed by atoms with van der Waals surface area (Å²) in [5.74, 6) is -1.33. The van der Waals surface area contributed by atoms with E-state index in [1.54, 1.807) is 4.90 Å². The van der Waals surface area contributed by atoms with Crippen LogP contribution in [-0.4, -0.2) is 42.4 Å². The first-order chi connectivity index (χ1) is 13.1. The van der Waals surface area contributed by atoms with Crippen molar-refractivity contribution in [2.75, 3.05) is 19.6 Å². The van der Waals surface area contributed by atoms with Gasteiger partial charge in [-0.3, -0.25) is 14.9 Å². The molecule has 2 saturated heterocycles. The number of nitrogens with zero attached hydrogens (tertiary/aromatic N) is 1. The Bertz CT molecular complexity index is 859. The molecule has 0 spiro atoms. The lowest BCUT2D eigenvalue weighted by molar-refractivity contribution is -0.126. The van der Waals surface area contributed by atoms with Gasteiger partial charge in [0.15, 0.2) is 0 Å². The maximum atomic E-state index is 12.3. The van der Waals surface area contributed by atoms with Crippen LogP contribution in [0.1, 0.15) is 5.56 Å². The molecule has 4 amide bonds. The first-order valence-electron chi connectivity index (χ1n) is 9.13. The van der Waals surface area contributed by atoms with E-state index in [-0.39, 0.29) is 17.8 Å². The fourth-order valence-electron chi connectivity index (χ4n) is 3.77. The van der Waals surface area contributed by atoms with Crippen LogP contribution in [-0.2, 0) is 16.0 Å². The van der Waals surface area contributed by atoms with E-state index in [1.165, 1.54) is 0 Å². The number of carbonyl (C=O) groups excluding carboxylic acids is 3. The van der Waals surface area contributed by atoms with Gasteiger partial charge in [0.05, 0.1) is 11.8 Å². The molecule has 2 N–H and O–H groups in total. The van der Waals surface area contributed by atoms with Gasteiger partial charge >= 0.3 is 6.03 Å². The monoisotopic (exact) mass is 363 g/mol. The minimum Gasteiger partial charge on any atom is -0.338 e. The lowest BCUT2D eigenvalue weighted by Gasteiger charge is -2.18. The fraction of sp³-hybridized carbons (Fsp3) is 0.286. The minimum absolute atomic E-state index is 0.218. The first-order valence-corrected chi connectivity index (χ1v) is 9.13. The summed E-state index contributed by atoms with van der Waals surface area (Å²) in [4.78, 5) is 37.3. The lowest BCUT2D eigenvalue weighted by Crippen LogP contribution is -2.41. The predicted molar refractivity (Wildman–Crippen MR) is 101 cm³/mol. The average Bonchev–Trinajstić information content (AvgIpc) is 3.24. The molecule has 6 heteroatoms. The van der Waals surface area contributed by atoms with E-state index in [2.05, 4.69) is 34.9 Å². The zero-order chi connectivity index (χ0) is 18.8. The van der Waals surface area contributed by atoms with E-state index in [1.807, 2.05) is 30.3 Å². The van der Waals surface area contributed by atoms with Gasteiger partial charge in [-0.2, -0.15) is 0 Å². The van der Waals surface area contributed by atoms with Crippen molar-refractivity contribution in [1.82, 2.24) is 15.5 Å². The average molecular weight is 363 g/mol. The smallest absolute Gasteiger partial charge is 0.317 e. The van der Waals surface area contributed by atoms with Gasteiger partial charge in [-0.1, -0.05) is 54.6 Å². The van der Waals surface area contributed by atoms with Crippen molar-refractivity contribution in [1.29, 1.82) is 0 Å². The van der Waals surface area contributed by atoms with Gasteiger partial charge in [-0.15, -0.1) is 0 Å². The molecule has 2 aromatic carbocycles. The third-order valence-electron chi connectivity index (χ3n) is 5.25. The molecule has 0 aromatic heterocycles. The summed E-state index contributed by atoms with van der Waals surface area (Å²) < 4.78 is 0. The number of hydrogen-bond donors (Lipinski definition) is 2. The molecule has 0 bridgehead atoms. The van der Waals surface area contributed by atoms with Crippen LogP contribution >= 0.6 is 0 Å². The molecule has 2 fully saturated rings. The van der Waals surface area contributed by atoms with Crippen molar-refractivity contribution in [3.63, 3.8) is 0 Å². The van der Waals surface area contributed by atoms with Gasteiger partial charge in [-0.05, 0) is 23.1 Å². The van der Waals surface area contributed by atoms with Crippen molar-refractivity contribution in [3.8, 4) is 11.1 Å². The van der Waals surface area contributed by atoms with E-state index in [4.69, 9.17) is 0 Å². The second-order valence-electron chi connectivity index (χ2n) is 7.02. The van der Waals surface area contributed by atoms with E-state index >= 15 is 0 Å². The molecule has 2 aromatic rings. The van der Waals surface area contributed by atoms with E-state index in [0.717, 1.165) is 16.7 Å². The second kappa shape index (κ2) is 7.23. The second-order valence-corrected chi connectivity index (χ2v) is 7.02. The number of carbonyl (C=O) groups is 3. The van der Waals surface area contributed by atoms with E-state index in [0.29, 0.717) is 26.1 Å². The van der Waals surface area contributed by atoms with Crippen molar-refractivity contribution in [2.45, 2.75) is 6.42 Å². The van der Waals surface area contributed by atoms with E-state index < -0.39 is 11.8 Å². The quantitative estimate of drug-likeness (QED) is 0.813. The zero-order valence-electron chi connectivity index (χ0n) is 14.9. The molecule has 2 aliphatic rings. The highest BCUT2D eigenvalue weighted by molar-refractivity contribution is 6.06. The SMILES string of the molecule is O=C1NC(=O)[C@@H]2CN(C(=O)NCCc3cccc(-c4ccccc4)c3)C[C@H]12. The molecule has 2 heterocycles. The number of nitrogens with one attached hydrogen (secondary N) is 2. The fourth-order valence-corrected chi connectivity index (χ4v) is 3.77. The number of fused-ring (bicyclic) bond motifs is 1. The van der Waals surface area contributed by atoms with Gasteiger partial charge in [0.25, 0.3) is 0 Å². The molecular weight excluding hydrogens is 342 g/mol. The molecule has 0 saturated carbocycles. The number of likely N-dealkylation sites (tertiary alicyclic amines) is 1. The highest BCUT2D eigenvalue weighted by Gasteiger charge is 2.48. The van der Waals surface area contributed by atoms with E-state index in [9.17, 15) is 14.4 Å². The Morgan fingerprint density at radius 3 is 2.33 bits per heavy atom. The van der Waals surface area contributed by atoms with Gasteiger partial charge < -0.3 is 10.2 Å². The maximum Gasteiger partial charge on any atom is 0.317 e. The van der Waals surface area contributed by atoms with Gasteiger partial charge in [0.1, 0.15) is 0 Å². The summed E-state index contributed by atoms with van der Waals surface area (Å²) in [5, 5.41) is 5.22. The van der Waals surface area contributed by atoms with Crippen molar-refractivity contribution >= 4 is 17.8 Å². The molecule has 27 heavy (non-hydrogen) atoms. The van der Waals surface area contributed by atoms with Crippen molar-refractivity contribution in [2.24, 2.45) is 11.8 Å². The zero-order valence-corrected chi connectivity index (χ0v) is 14.9. The first kappa shape index (κ1) is 17.3. The summed E-state index contributed by atoms with van der Waals surface area (Å²) in [5.41, 5.74) is 3.45. The van der Waals surface area contributed by atoms with Crippen molar-refractivity contribution in [3.05, 3.63) is 60.2 Å². The molecule has 2 atom stereocenters. The van der Waals surface area contributed by atoms with Crippen LogP contribution in [0.15, 0.2) is 54.6 Å². The molecule has 6 nitrogen and oxygen atoms in total. The summed E-state index contributed by atoms with van der Waals surface area (Å²) in [6.07, 6.45) is 0.715. The highest BCUT2D eigenvalue weighted by atomic mass is 16.2. The molecule has 138 valence electrons. The normalized spacial score (nSPS) is 21.1. The van der Waals surface area contributed by atoms with Crippen molar-refractivity contribution < 1.29 is 14.4 Å². The Balaban J connectivity index is 1.31. The van der Waals surface area contributed by atoms with Crippen LogP contribution in [0.3, 0.4) is 0 Å². The number of hydrogen-bond acceptors (Lipinski definition) is 3. The summed E-state index contributed by atoms with van der Waals surface area (Å²) in [6, 6.07) is 18.2. The molecule has 0 radical (unpaired) electrons. The lowest BCUT2D eigenvalue weighted by atomic mass is 10.00. The number of urea groups is 1. The Morgan fingerprint density at radius 2 is 1.63 bits per heavy atom. The Hall–Kier alpha value is -3.15.